The molecule has 1 atom stereocenters. The smallest absolute Gasteiger partial charge is 0.241 e. The van der Waals surface area contributed by atoms with Gasteiger partial charge in [0.2, 0.25) is 5.91 Å². The number of anilines is 2. The summed E-state index contributed by atoms with van der Waals surface area (Å²) in [7, 11) is 2.00. The van der Waals surface area contributed by atoms with Crippen molar-refractivity contribution in [1.82, 2.24) is 4.90 Å². The molecule has 0 saturated carbocycles. The summed E-state index contributed by atoms with van der Waals surface area (Å²) in [6.45, 7) is 5.98. The Kier molecular flexibility index (Phi) is 6.31. The summed E-state index contributed by atoms with van der Waals surface area (Å²) >= 11 is 0. The first-order chi connectivity index (χ1) is 14.6. The van der Waals surface area contributed by atoms with Gasteiger partial charge in [-0.1, -0.05) is 48.5 Å². The lowest BCUT2D eigenvalue weighted by molar-refractivity contribution is -0.120. The lowest BCUT2D eigenvalue weighted by Crippen LogP contribution is -2.40. The summed E-state index contributed by atoms with van der Waals surface area (Å²) in [5.41, 5.74) is 3.29. The molecule has 5 nitrogen and oxygen atoms in total. The third kappa shape index (κ3) is 4.64. The van der Waals surface area contributed by atoms with Gasteiger partial charge in [-0.15, -0.1) is 0 Å². The molecule has 0 aliphatic carbocycles. The van der Waals surface area contributed by atoms with E-state index in [9.17, 15) is 4.79 Å². The van der Waals surface area contributed by atoms with Crippen LogP contribution < -0.4 is 10.2 Å². The quantitative estimate of drug-likeness (QED) is 0.672. The van der Waals surface area contributed by atoms with Gasteiger partial charge < -0.3 is 15.0 Å². The van der Waals surface area contributed by atoms with E-state index in [-0.39, 0.29) is 11.9 Å². The summed E-state index contributed by atoms with van der Waals surface area (Å²) in [5, 5.41) is 5.36. The van der Waals surface area contributed by atoms with Gasteiger partial charge in [0, 0.05) is 31.0 Å². The number of hydrogen-bond acceptors (Lipinski definition) is 4. The van der Waals surface area contributed by atoms with Crippen molar-refractivity contribution in [3.05, 3.63) is 72.3 Å². The number of ether oxygens (including phenoxy) is 1. The Morgan fingerprint density at radius 1 is 1.03 bits per heavy atom. The molecule has 1 heterocycles. The monoisotopic (exact) mass is 403 g/mol. The van der Waals surface area contributed by atoms with E-state index in [1.807, 2.05) is 44.3 Å². The van der Waals surface area contributed by atoms with Crippen LogP contribution >= 0.6 is 0 Å². The first-order valence-corrected chi connectivity index (χ1v) is 10.5. The molecule has 1 saturated heterocycles. The molecule has 1 amide bonds. The second-order valence-electron chi connectivity index (χ2n) is 7.87. The number of fused-ring (bicyclic) bond motifs is 1. The Bertz CT molecular complexity index is 1010. The number of likely N-dealkylation sites (N-methyl/N-ethyl adjacent to an activating group) is 1. The second-order valence-corrected chi connectivity index (χ2v) is 7.87. The average molecular weight is 404 g/mol. The van der Waals surface area contributed by atoms with Crippen molar-refractivity contribution in [2.75, 3.05) is 43.6 Å². The number of carbonyl (C=O) groups is 1. The molecule has 4 rings (SSSR count). The van der Waals surface area contributed by atoms with Crippen LogP contribution in [0.5, 0.6) is 0 Å². The van der Waals surface area contributed by atoms with Crippen molar-refractivity contribution in [3.63, 3.8) is 0 Å². The standard InChI is InChI=1S/C25H29N3O2/c1-19(25(29)26-23-12-11-20-7-3-4-8-21(20)17-23)27(2)18-22-9-5-6-10-24(22)28-13-15-30-16-14-28/h3-12,17,19H,13-16,18H2,1-2H3,(H,26,29). The largest absolute Gasteiger partial charge is 0.378 e. The fourth-order valence-corrected chi connectivity index (χ4v) is 3.88. The van der Waals surface area contributed by atoms with Crippen molar-refractivity contribution >= 4 is 28.1 Å². The molecule has 1 aliphatic rings. The molecule has 1 fully saturated rings. The Morgan fingerprint density at radius 2 is 1.73 bits per heavy atom. The van der Waals surface area contributed by atoms with Crippen molar-refractivity contribution in [1.29, 1.82) is 0 Å². The lowest BCUT2D eigenvalue weighted by atomic mass is 10.1. The first kappa shape index (κ1) is 20.4. The van der Waals surface area contributed by atoms with E-state index in [1.165, 1.54) is 16.6 Å². The first-order valence-electron chi connectivity index (χ1n) is 10.5. The molecule has 0 radical (unpaired) electrons. The van der Waals surface area contributed by atoms with Gasteiger partial charge in [0.25, 0.3) is 0 Å². The summed E-state index contributed by atoms with van der Waals surface area (Å²) in [6, 6.07) is 22.4. The van der Waals surface area contributed by atoms with Crippen LogP contribution in [0.15, 0.2) is 66.7 Å². The number of morpholine rings is 1. The molecule has 3 aromatic carbocycles. The van der Waals surface area contributed by atoms with Crippen molar-refractivity contribution in [2.24, 2.45) is 0 Å². The van der Waals surface area contributed by atoms with Crippen molar-refractivity contribution in [2.45, 2.75) is 19.5 Å². The van der Waals surface area contributed by atoms with E-state index in [1.54, 1.807) is 0 Å². The van der Waals surface area contributed by atoms with E-state index in [2.05, 4.69) is 51.5 Å². The van der Waals surface area contributed by atoms with Crippen LogP contribution in [0.4, 0.5) is 11.4 Å². The van der Waals surface area contributed by atoms with E-state index in [0.29, 0.717) is 6.54 Å². The predicted octanol–water partition coefficient (Wildman–Crippen LogP) is 4.14. The van der Waals surface area contributed by atoms with E-state index in [0.717, 1.165) is 37.4 Å². The molecule has 5 heteroatoms. The van der Waals surface area contributed by atoms with Gasteiger partial charge in [0.1, 0.15) is 0 Å². The molecule has 1 unspecified atom stereocenters. The zero-order chi connectivity index (χ0) is 20.9. The van der Waals surface area contributed by atoms with Crippen LogP contribution in [0, 0.1) is 0 Å². The van der Waals surface area contributed by atoms with Gasteiger partial charge in [-0.2, -0.15) is 0 Å². The lowest BCUT2D eigenvalue weighted by Gasteiger charge is -2.32. The minimum Gasteiger partial charge on any atom is -0.378 e. The molecule has 3 aromatic rings. The van der Waals surface area contributed by atoms with Gasteiger partial charge in [-0.05, 0) is 48.5 Å². The number of hydrogen-bond donors (Lipinski definition) is 1. The number of carbonyl (C=O) groups excluding carboxylic acids is 1. The van der Waals surface area contributed by atoms with Crippen LogP contribution in [-0.4, -0.2) is 50.2 Å². The topological polar surface area (TPSA) is 44.8 Å². The zero-order valence-electron chi connectivity index (χ0n) is 17.7. The van der Waals surface area contributed by atoms with Gasteiger partial charge in [0.15, 0.2) is 0 Å². The number of rotatable bonds is 6. The van der Waals surface area contributed by atoms with Gasteiger partial charge >= 0.3 is 0 Å². The van der Waals surface area contributed by atoms with Gasteiger partial charge in [-0.3, -0.25) is 9.69 Å². The third-order valence-corrected chi connectivity index (χ3v) is 5.82. The number of para-hydroxylation sites is 1. The minimum atomic E-state index is -0.255. The minimum absolute atomic E-state index is 0.00312. The van der Waals surface area contributed by atoms with Crippen LogP contribution in [-0.2, 0) is 16.1 Å². The fourth-order valence-electron chi connectivity index (χ4n) is 3.88. The zero-order valence-corrected chi connectivity index (χ0v) is 17.7. The second kappa shape index (κ2) is 9.28. The van der Waals surface area contributed by atoms with E-state index in [4.69, 9.17) is 4.74 Å². The Labute approximate surface area is 178 Å². The number of nitrogens with zero attached hydrogens (tertiary/aromatic N) is 2. The highest BCUT2D eigenvalue weighted by molar-refractivity contribution is 5.97. The van der Waals surface area contributed by atoms with Crippen LogP contribution in [0.3, 0.4) is 0 Å². The molecular formula is C25H29N3O2. The van der Waals surface area contributed by atoms with Crippen LogP contribution in [0.1, 0.15) is 12.5 Å². The fraction of sp³-hybridized carbons (Fsp3) is 0.320. The average Bonchev–Trinajstić information content (AvgIpc) is 2.79. The molecule has 1 aliphatic heterocycles. The van der Waals surface area contributed by atoms with E-state index < -0.39 is 0 Å². The molecule has 0 aromatic heterocycles. The number of nitrogens with one attached hydrogen (secondary N) is 1. The highest BCUT2D eigenvalue weighted by Crippen LogP contribution is 2.24. The van der Waals surface area contributed by atoms with Crippen LogP contribution in [0.2, 0.25) is 0 Å². The summed E-state index contributed by atoms with van der Waals surface area (Å²) in [6.07, 6.45) is 0. The summed E-state index contributed by atoms with van der Waals surface area (Å²) < 4.78 is 5.49. The highest BCUT2D eigenvalue weighted by Gasteiger charge is 2.21. The van der Waals surface area contributed by atoms with Gasteiger partial charge in [0.05, 0.1) is 19.3 Å². The maximum atomic E-state index is 12.9. The normalized spacial score (nSPS) is 15.4. The maximum Gasteiger partial charge on any atom is 0.241 e. The molecular weight excluding hydrogens is 374 g/mol. The maximum absolute atomic E-state index is 12.9. The molecule has 156 valence electrons. The molecule has 1 N–H and O–H groups in total. The number of benzene rings is 3. The number of amides is 1. The predicted molar refractivity (Wildman–Crippen MR) is 123 cm³/mol. The highest BCUT2D eigenvalue weighted by atomic mass is 16.5. The van der Waals surface area contributed by atoms with E-state index >= 15 is 0 Å². The Balaban J connectivity index is 1.43. The molecule has 0 bridgehead atoms. The summed E-state index contributed by atoms with van der Waals surface area (Å²) in [5.74, 6) is -0.00312. The Hall–Kier alpha value is -2.89. The molecule has 30 heavy (non-hydrogen) atoms. The van der Waals surface area contributed by atoms with Gasteiger partial charge in [-0.25, -0.2) is 0 Å². The van der Waals surface area contributed by atoms with Crippen LogP contribution in [0.25, 0.3) is 10.8 Å². The SMILES string of the molecule is CC(C(=O)Nc1ccc2ccccc2c1)N(C)Cc1ccccc1N1CCOCC1. The van der Waals surface area contributed by atoms with Crippen molar-refractivity contribution in [3.8, 4) is 0 Å². The summed E-state index contributed by atoms with van der Waals surface area (Å²) in [4.78, 5) is 17.3. The molecule has 0 spiro atoms. The third-order valence-electron chi connectivity index (χ3n) is 5.82. The van der Waals surface area contributed by atoms with Crippen molar-refractivity contribution < 1.29 is 9.53 Å². The Morgan fingerprint density at radius 3 is 2.53 bits per heavy atom.